The van der Waals surface area contributed by atoms with Gasteiger partial charge in [-0.25, -0.2) is 0 Å². The summed E-state index contributed by atoms with van der Waals surface area (Å²) in [5.41, 5.74) is 10.3. The van der Waals surface area contributed by atoms with E-state index in [0.29, 0.717) is 0 Å². The number of nitrogens with one attached hydrogen (secondary N) is 1. The Bertz CT molecular complexity index is 115. The Kier molecular flexibility index (Phi) is 3.94. The molecule has 0 aliphatic heterocycles. The largest absolute Gasteiger partial charge is 0.377 e. The average Bonchev–Trinajstić information content (AvgIpc) is 1.82. The molecule has 5 nitrogen and oxygen atoms in total. The molecule has 0 aliphatic rings. The zero-order chi connectivity index (χ0) is 8.15. The highest BCUT2D eigenvalue weighted by Gasteiger charge is 2.08. The van der Waals surface area contributed by atoms with Crippen LogP contribution in [0.1, 0.15) is 6.92 Å². The molecule has 1 amide bonds. The summed E-state index contributed by atoms with van der Waals surface area (Å²) in [7, 11) is 0. The fourth-order valence-electron chi connectivity index (χ4n) is 0.382. The number of carbonyl (C=O) groups excluding carboxylic acids is 1. The van der Waals surface area contributed by atoms with Crippen molar-refractivity contribution in [1.29, 1.82) is 0 Å². The van der Waals surface area contributed by atoms with E-state index in [1.807, 2.05) is 0 Å². The number of nitrogens with two attached hydrogens (primary N) is 2. The third kappa shape index (κ3) is 4.25. The van der Waals surface area contributed by atoms with Gasteiger partial charge in [0.05, 0.1) is 6.04 Å². The predicted molar refractivity (Wildman–Crippen MR) is 36.9 cm³/mol. The van der Waals surface area contributed by atoms with Crippen LogP contribution in [0.3, 0.4) is 0 Å². The van der Waals surface area contributed by atoms with E-state index in [-0.39, 0.29) is 12.5 Å². The first-order chi connectivity index (χ1) is 4.54. The lowest BCUT2D eigenvalue weighted by atomic mass is 10.3. The van der Waals surface area contributed by atoms with E-state index in [1.165, 1.54) is 6.92 Å². The monoisotopic (exact) mass is 147 g/mol. The van der Waals surface area contributed by atoms with Crippen LogP contribution >= 0.6 is 0 Å². The summed E-state index contributed by atoms with van der Waals surface area (Å²) < 4.78 is 0. The molecular formula is C5H13N3O2. The topological polar surface area (TPSA) is 101 Å². The van der Waals surface area contributed by atoms with Gasteiger partial charge >= 0.3 is 0 Å². The first-order valence-corrected chi connectivity index (χ1v) is 2.97. The molecule has 0 fully saturated rings. The molecule has 0 saturated carbocycles. The van der Waals surface area contributed by atoms with Gasteiger partial charge in [0.25, 0.3) is 0 Å². The number of hydrogen-bond acceptors (Lipinski definition) is 4. The van der Waals surface area contributed by atoms with Crippen molar-refractivity contribution in [1.82, 2.24) is 5.32 Å². The van der Waals surface area contributed by atoms with Gasteiger partial charge in [-0.05, 0) is 0 Å². The molecule has 6 N–H and O–H groups in total. The maximum Gasteiger partial charge on any atom is 0.216 e. The Morgan fingerprint density at radius 1 is 1.70 bits per heavy atom. The lowest BCUT2D eigenvalue weighted by Gasteiger charge is -2.13. The molecule has 0 spiro atoms. The van der Waals surface area contributed by atoms with E-state index in [4.69, 9.17) is 16.6 Å². The second-order valence-corrected chi connectivity index (χ2v) is 2.09. The number of carbonyl (C=O) groups is 1. The summed E-state index contributed by atoms with van der Waals surface area (Å²) in [6, 6.07) is -0.594. The fraction of sp³-hybridized carbons (Fsp3) is 0.800. The minimum Gasteiger partial charge on any atom is -0.377 e. The van der Waals surface area contributed by atoms with Gasteiger partial charge in [-0.2, -0.15) is 0 Å². The number of aliphatic hydroxyl groups excluding tert-OH is 1. The number of aliphatic hydroxyl groups is 1. The average molecular weight is 147 g/mol. The van der Waals surface area contributed by atoms with Crippen LogP contribution in [0.5, 0.6) is 0 Å². The standard InChI is InChI=1S/C5H13N3O2/c1-3(9)8-2-4(6)5(7)10/h4-5,10H,2,6-7H2,1H3,(H,8,9). The van der Waals surface area contributed by atoms with E-state index in [0.717, 1.165) is 0 Å². The zero-order valence-corrected chi connectivity index (χ0v) is 5.87. The van der Waals surface area contributed by atoms with Crippen molar-refractivity contribution in [2.45, 2.75) is 19.2 Å². The third-order valence-electron chi connectivity index (χ3n) is 1.03. The molecule has 0 aromatic carbocycles. The van der Waals surface area contributed by atoms with E-state index >= 15 is 0 Å². The van der Waals surface area contributed by atoms with E-state index in [1.54, 1.807) is 0 Å². The molecule has 2 atom stereocenters. The maximum absolute atomic E-state index is 10.3. The molecule has 0 aliphatic carbocycles. The zero-order valence-electron chi connectivity index (χ0n) is 5.87. The third-order valence-corrected chi connectivity index (χ3v) is 1.03. The van der Waals surface area contributed by atoms with E-state index in [9.17, 15) is 4.79 Å². The van der Waals surface area contributed by atoms with Crippen molar-refractivity contribution in [2.75, 3.05) is 6.54 Å². The van der Waals surface area contributed by atoms with Crippen LogP contribution in [-0.2, 0) is 4.79 Å². The lowest BCUT2D eigenvalue weighted by Crippen LogP contribution is -2.48. The summed E-state index contributed by atoms with van der Waals surface area (Å²) in [6.07, 6.45) is -1.08. The van der Waals surface area contributed by atoms with Crippen molar-refractivity contribution < 1.29 is 9.90 Å². The first-order valence-electron chi connectivity index (χ1n) is 2.97. The predicted octanol–water partition coefficient (Wildman–Crippen LogP) is -2.27. The number of hydrogen-bond donors (Lipinski definition) is 4. The molecule has 0 saturated heterocycles. The SMILES string of the molecule is CC(=O)NCC(N)C(N)O. The normalized spacial score (nSPS) is 16.0. The van der Waals surface area contributed by atoms with Crippen LogP contribution in [0.15, 0.2) is 0 Å². The van der Waals surface area contributed by atoms with Crippen molar-refractivity contribution in [2.24, 2.45) is 11.5 Å². The molecular weight excluding hydrogens is 134 g/mol. The molecule has 2 unspecified atom stereocenters. The highest BCUT2D eigenvalue weighted by molar-refractivity contribution is 5.72. The molecule has 0 radical (unpaired) electrons. The van der Waals surface area contributed by atoms with Gasteiger partial charge in [0.1, 0.15) is 6.23 Å². The van der Waals surface area contributed by atoms with Crippen molar-refractivity contribution in [3.8, 4) is 0 Å². The van der Waals surface area contributed by atoms with E-state index in [2.05, 4.69) is 5.32 Å². The minimum atomic E-state index is -1.08. The maximum atomic E-state index is 10.3. The Balaban J connectivity index is 3.39. The highest BCUT2D eigenvalue weighted by atomic mass is 16.3. The second kappa shape index (κ2) is 4.21. The summed E-state index contributed by atoms with van der Waals surface area (Å²) in [6.45, 7) is 1.57. The summed E-state index contributed by atoms with van der Waals surface area (Å²) in [4.78, 5) is 10.3. The van der Waals surface area contributed by atoms with Crippen LogP contribution in [0.2, 0.25) is 0 Å². The first kappa shape index (κ1) is 9.35. The molecule has 5 heteroatoms. The van der Waals surface area contributed by atoms with Crippen LogP contribution in [-0.4, -0.2) is 29.8 Å². The Hall–Kier alpha value is -0.650. The molecule has 0 rings (SSSR count). The molecule has 0 aromatic heterocycles. The molecule has 0 heterocycles. The Labute approximate surface area is 59.4 Å². The fourth-order valence-corrected chi connectivity index (χ4v) is 0.382. The number of amides is 1. The summed E-state index contributed by atoms with van der Waals surface area (Å²) >= 11 is 0. The van der Waals surface area contributed by atoms with Crippen LogP contribution in [0, 0.1) is 0 Å². The smallest absolute Gasteiger partial charge is 0.216 e. The van der Waals surface area contributed by atoms with Crippen LogP contribution in [0.25, 0.3) is 0 Å². The summed E-state index contributed by atoms with van der Waals surface area (Å²) in [5, 5.41) is 11.1. The lowest BCUT2D eigenvalue weighted by molar-refractivity contribution is -0.119. The van der Waals surface area contributed by atoms with Gasteiger partial charge in [0, 0.05) is 13.5 Å². The van der Waals surface area contributed by atoms with Gasteiger partial charge in [-0.15, -0.1) is 0 Å². The molecule has 10 heavy (non-hydrogen) atoms. The van der Waals surface area contributed by atoms with Gasteiger partial charge < -0.3 is 21.9 Å². The quantitative estimate of drug-likeness (QED) is 0.338. The van der Waals surface area contributed by atoms with Gasteiger partial charge in [-0.3, -0.25) is 4.79 Å². The van der Waals surface area contributed by atoms with Gasteiger partial charge in [-0.1, -0.05) is 0 Å². The Morgan fingerprint density at radius 3 is 2.50 bits per heavy atom. The Morgan fingerprint density at radius 2 is 2.20 bits per heavy atom. The van der Waals surface area contributed by atoms with E-state index < -0.39 is 12.3 Å². The van der Waals surface area contributed by atoms with Crippen molar-refractivity contribution >= 4 is 5.91 Å². The summed E-state index contributed by atoms with van der Waals surface area (Å²) in [5.74, 6) is -0.184. The van der Waals surface area contributed by atoms with Crippen molar-refractivity contribution in [3.63, 3.8) is 0 Å². The second-order valence-electron chi connectivity index (χ2n) is 2.09. The molecule has 0 bridgehead atoms. The van der Waals surface area contributed by atoms with Gasteiger partial charge in [0.15, 0.2) is 0 Å². The van der Waals surface area contributed by atoms with Crippen LogP contribution < -0.4 is 16.8 Å². The van der Waals surface area contributed by atoms with Gasteiger partial charge in [0.2, 0.25) is 5.91 Å². The number of rotatable bonds is 3. The minimum absolute atomic E-state index is 0.184. The molecule has 60 valence electrons. The highest BCUT2D eigenvalue weighted by Crippen LogP contribution is 1.78. The van der Waals surface area contributed by atoms with Crippen molar-refractivity contribution in [3.05, 3.63) is 0 Å². The van der Waals surface area contributed by atoms with Crippen LogP contribution in [0.4, 0.5) is 0 Å². The molecule has 0 aromatic rings.